The van der Waals surface area contributed by atoms with Crippen molar-refractivity contribution in [1.82, 2.24) is 10.3 Å². The zero-order valence-electron chi connectivity index (χ0n) is 13.1. The third-order valence-electron chi connectivity index (χ3n) is 4.51. The number of hydrogen-bond donors (Lipinski definition) is 2. The monoisotopic (exact) mass is 325 g/mol. The van der Waals surface area contributed by atoms with Crippen molar-refractivity contribution in [3.8, 4) is 0 Å². The summed E-state index contributed by atoms with van der Waals surface area (Å²) in [6.45, 7) is 5.38. The lowest BCUT2D eigenvalue weighted by Gasteiger charge is -2.19. The van der Waals surface area contributed by atoms with Gasteiger partial charge in [-0.3, -0.25) is 9.78 Å². The second-order valence-corrected chi connectivity index (χ2v) is 6.35. The average molecular weight is 326 g/mol. The minimum atomic E-state index is -0.429. The Hall–Kier alpha value is -1.33. The van der Waals surface area contributed by atoms with Crippen LogP contribution in [0.15, 0.2) is 12.1 Å². The van der Waals surface area contributed by atoms with E-state index in [-0.39, 0.29) is 24.4 Å². The first-order valence-corrected chi connectivity index (χ1v) is 7.67. The number of aryl methyl sites for hydroxylation is 2. The fraction of sp³-hybridized carbons (Fsp3) is 0.625. The number of aromatic nitrogens is 1. The van der Waals surface area contributed by atoms with Crippen molar-refractivity contribution in [3.63, 3.8) is 0 Å². The Morgan fingerprint density at radius 3 is 2.50 bits per heavy atom. The van der Waals surface area contributed by atoms with E-state index in [9.17, 15) is 4.79 Å². The molecule has 122 valence electrons. The van der Waals surface area contributed by atoms with Gasteiger partial charge in [-0.1, -0.05) is 0 Å². The van der Waals surface area contributed by atoms with Gasteiger partial charge in [-0.05, 0) is 44.7 Å². The van der Waals surface area contributed by atoms with E-state index in [0.29, 0.717) is 5.92 Å². The van der Waals surface area contributed by atoms with Crippen LogP contribution >= 0.6 is 12.4 Å². The number of anilines is 1. The molecule has 2 aliphatic rings. The largest absolute Gasteiger partial charge is 0.387 e. The molecule has 2 fully saturated rings. The van der Waals surface area contributed by atoms with Gasteiger partial charge in [0.05, 0.1) is 6.04 Å². The van der Waals surface area contributed by atoms with E-state index in [1.165, 1.54) is 18.5 Å². The van der Waals surface area contributed by atoms with Gasteiger partial charge < -0.3 is 15.3 Å². The maximum atomic E-state index is 11.5. The molecule has 2 N–H and O–H groups in total. The molecule has 2 heterocycles. The average Bonchev–Trinajstić information content (AvgIpc) is 3.19. The molecular formula is C16H24ClN3O2. The van der Waals surface area contributed by atoms with Crippen molar-refractivity contribution in [1.29, 1.82) is 0 Å². The number of nitrogens with one attached hydrogen (secondary N) is 1. The fourth-order valence-corrected chi connectivity index (χ4v) is 3.44. The minimum absolute atomic E-state index is 0. The normalized spacial score (nSPS) is 24.0. The summed E-state index contributed by atoms with van der Waals surface area (Å²) in [6, 6.07) is 4.35. The quantitative estimate of drug-likeness (QED) is 0.879. The first kappa shape index (κ1) is 17.0. The van der Waals surface area contributed by atoms with Crippen LogP contribution < -0.4 is 10.2 Å². The first-order chi connectivity index (χ1) is 10.1. The van der Waals surface area contributed by atoms with Crippen LogP contribution in [0.4, 0.5) is 5.69 Å². The van der Waals surface area contributed by atoms with E-state index in [1.54, 1.807) is 0 Å². The third kappa shape index (κ3) is 3.70. The van der Waals surface area contributed by atoms with Gasteiger partial charge in [0.15, 0.2) is 0 Å². The Labute approximate surface area is 137 Å². The van der Waals surface area contributed by atoms with Gasteiger partial charge in [0.2, 0.25) is 5.91 Å². The molecule has 1 aliphatic heterocycles. The standard InChI is InChI=1S/C16H23N3O2.ClH/c1-10-5-13(6-11(2)17-10)19-7-14(12-3-4-12)15(8-19)18-16(21)9-20;/h5-6,12,14-15,20H,3-4,7-9H2,1-2H3,(H,18,21);1H/t14-,15+;/m1./s1. The van der Waals surface area contributed by atoms with Crippen molar-refractivity contribution < 1.29 is 9.90 Å². The van der Waals surface area contributed by atoms with Crippen molar-refractivity contribution in [2.75, 3.05) is 24.6 Å². The highest BCUT2D eigenvalue weighted by atomic mass is 35.5. The summed E-state index contributed by atoms with van der Waals surface area (Å²) in [4.78, 5) is 18.3. The summed E-state index contributed by atoms with van der Waals surface area (Å²) < 4.78 is 0. The Balaban J connectivity index is 0.00000176. The first-order valence-electron chi connectivity index (χ1n) is 7.67. The summed E-state index contributed by atoms with van der Waals surface area (Å²) in [6.07, 6.45) is 2.52. The number of aliphatic hydroxyl groups is 1. The van der Waals surface area contributed by atoms with Crippen molar-refractivity contribution in [2.24, 2.45) is 11.8 Å². The summed E-state index contributed by atoms with van der Waals surface area (Å²) in [5.74, 6) is 0.951. The highest BCUT2D eigenvalue weighted by Crippen LogP contribution is 2.42. The maximum Gasteiger partial charge on any atom is 0.245 e. The summed E-state index contributed by atoms with van der Waals surface area (Å²) in [5, 5.41) is 11.9. The summed E-state index contributed by atoms with van der Waals surface area (Å²) in [5.41, 5.74) is 3.23. The van der Waals surface area contributed by atoms with Crippen LogP contribution in [0.3, 0.4) is 0 Å². The van der Waals surface area contributed by atoms with E-state index in [4.69, 9.17) is 5.11 Å². The van der Waals surface area contributed by atoms with Crippen LogP contribution in [0.2, 0.25) is 0 Å². The zero-order chi connectivity index (χ0) is 15.0. The Morgan fingerprint density at radius 1 is 1.32 bits per heavy atom. The lowest BCUT2D eigenvalue weighted by atomic mass is 9.98. The van der Waals surface area contributed by atoms with E-state index >= 15 is 0 Å². The molecule has 1 saturated heterocycles. The predicted molar refractivity (Wildman–Crippen MR) is 88.4 cm³/mol. The Kier molecular flexibility index (Phi) is 5.29. The van der Waals surface area contributed by atoms with Gasteiger partial charge in [0.25, 0.3) is 0 Å². The molecular weight excluding hydrogens is 302 g/mol. The number of pyridine rings is 1. The molecule has 1 saturated carbocycles. The number of amides is 1. The van der Waals surface area contributed by atoms with Crippen LogP contribution in [0.25, 0.3) is 0 Å². The van der Waals surface area contributed by atoms with Crippen molar-refractivity contribution >= 4 is 24.0 Å². The zero-order valence-corrected chi connectivity index (χ0v) is 13.9. The smallest absolute Gasteiger partial charge is 0.245 e. The molecule has 2 atom stereocenters. The molecule has 1 aromatic rings. The molecule has 0 radical (unpaired) electrons. The van der Waals surface area contributed by atoms with E-state index in [0.717, 1.165) is 30.4 Å². The van der Waals surface area contributed by atoms with Crippen LogP contribution in [0, 0.1) is 25.7 Å². The molecule has 1 amide bonds. The fourth-order valence-electron chi connectivity index (χ4n) is 3.44. The molecule has 1 aromatic heterocycles. The number of carbonyl (C=O) groups is 1. The molecule has 22 heavy (non-hydrogen) atoms. The number of halogens is 1. The highest BCUT2D eigenvalue weighted by Gasteiger charge is 2.43. The lowest BCUT2D eigenvalue weighted by molar-refractivity contribution is -0.124. The van der Waals surface area contributed by atoms with Gasteiger partial charge in [-0.2, -0.15) is 0 Å². The highest BCUT2D eigenvalue weighted by molar-refractivity contribution is 5.85. The van der Waals surface area contributed by atoms with Gasteiger partial charge in [0.1, 0.15) is 6.61 Å². The van der Waals surface area contributed by atoms with Gasteiger partial charge in [0, 0.05) is 36.1 Å². The molecule has 6 heteroatoms. The van der Waals surface area contributed by atoms with Crippen LogP contribution in [-0.2, 0) is 4.79 Å². The number of nitrogens with zero attached hydrogens (tertiary/aromatic N) is 2. The van der Waals surface area contributed by atoms with Crippen molar-refractivity contribution in [3.05, 3.63) is 23.5 Å². The minimum Gasteiger partial charge on any atom is -0.387 e. The molecule has 0 aromatic carbocycles. The lowest BCUT2D eigenvalue weighted by Crippen LogP contribution is -2.42. The van der Waals surface area contributed by atoms with E-state index in [2.05, 4.69) is 27.3 Å². The number of aliphatic hydroxyl groups excluding tert-OH is 1. The number of rotatable bonds is 4. The van der Waals surface area contributed by atoms with Crippen LogP contribution in [-0.4, -0.2) is 41.7 Å². The molecule has 0 spiro atoms. The Morgan fingerprint density at radius 2 is 1.95 bits per heavy atom. The SMILES string of the molecule is Cc1cc(N2C[C@H](NC(=O)CO)[C@@H](C3CC3)C2)cc(C)n1.Cl. The van der Waals surface area contributed by atoms with Crippen molar-refractivity contribution in [2.45, 2.75) is 32.7 Å². The molecule has 0 bridgehead atoms. The molecule has 1 aliphatic carbocycles. The van der Waals surface area contributed by atoms with E-state index in [1.807, 2.05) is 13.8 Å². The van der Waals surface area contributed by atoms with Crippen LogP contribution in [0.5, 0.6) is 0 Å². The van der Waals surface area contributed by atoms with E-state index < -0.39 is 6.61 Å². The van der Waals surface area contributed by atoms with Crippen LogP contribution in [0.1, 0.15) is 24.2 Å². The number of hydrogen-bond acceptors (Lipinski definition) is 4. The topological polar surface area (TPSA) is 65.5 Å². The van der Waals surface area contributed by atoms with Gasteiger partial charge in [-0.15, -0.1) is 12.4 Å². The number of carbonyl (C=O) groups excluding carboxylic acids is 1. The molecule has 5 nitrogen and oxygen atoms in total. The summed E-state index contributed by atoms with van der Waals surface area (Å²) >= 11 is 0. The maximum absolute atomic E-state index is 11.5. The second-order valence-electron chi connectivity index (χ2n) is 6.35. The summed E-state index contributed by atoms with van der Waals surface area (Å²) in [7, 11) is 0. The van der Waals surface area contributed by atoms with Gasteiger partial charge in [-0.25, -0.2) is 0 Å². The molecule has 3 rings (SSSR count). The Bertz CT molecular complexity index is 528. The second kappa shape index (κ2) is 6.84. The molecule has 0 unspecified atom stereocenters. The predicted octanol–water partition coefficient (Wildman–Crippen LogP) is 1.44. The third-order valence-corrected chi connectivity index (χ3v) is 4.51. The van der Waals surface area contributed by atoms with Gasteiger partial charge >= 0.3 is 0 Å².